The second kappa shape index (κ2) is 5.20. The van der Waals surface area contributed by atoms with E-state index in [0.29, 0.717) is 17.3 Å². The van der Waals surface area contributed by atoms with Gasteiger partial charge in [-0.25, -0.2) is 4.39 Å². The highest BCUT2D eigenvalue weighted by molar-refractivity contribution is 6.17. The minimum atomic E-state index is -5.00. The van der Waals surface area contributed by atoms with Crippen LogP contribution in [0.4, 0.5) is 17.6 Å². The molecule has 20 heavy (non-hydrogen) atoms. The molecule has 6 heteroatoms. The molecule has 1 nitrogen and oxygen atoms in total. The molecule has 0 fully saturated rings. The molecule has 0 radical (unpaired) electrons. The quantitative estimate of drug-likeness (QED) is 0.574. The molecule has 0 saturated carbocycles. The molecule has 0 spiro atoms. The molecule has 0 bridgehead atoms. The highest BCUT2D eigenvalue weighted by atomic mass is 35.5. The maximum absolute atomic E-state index is 14.4. The summed E-state index contributed by atoms with van der Waals surface area (Å²) in [6.45, 7) is 1.64. The van der Waals surface area contributed by atoms with Crippen LogP contribution in [0.2, 0.25) is 0 Å². The van der Waals surface area contributed by atoms with Gasteiger partial charge >= 0.3 is 6.18 Å². The second-order valence-corrected chi connectivity index (χ2v) is 4.87. The summed E-state index contributed by atoms with van der Waals surface area (Å²) < 4.78 is 53.4. The third kappa shape index (κ3) is 2.46. The fourth-order valence-corrected chi connectivity index (χ4v) is 2.41. The van der Waals surface area contributed by atoms with Crippen LogP contribution in [0, 0.1) is 6.92 Å². The van der Waals surface area contributed by atoms with Gasteiger partial charge in [0, 0.05) is 11.6 Å². The van der Waals surface area contributed by atoms with Crippen LogP contribution in [0.25, 0.3) is 0 Å². The van der Waals surface area contributed by atoms with Gasteiger partial charge in [-0.15, -0.1) is 11.6 Å². The van der Waals surface area contributed by atoms with Gasteiger partial charge < -0.3 is 0 Å². The Kier molecular flexibility index (Phi) is 3.91. The van der Waals surface area contributed by atoms with E-state index >= 15 is 0 Å². The van der Waals surface area contributed by atoms with E-state index in [1.807, 2.05) is 0 Å². The fraction of sp³-hybridized carbons (Fsp3) is 0.357. The molecule has 2 atom stereocenters. The summed E-state index contributed by atoms with van der Waals surface area (Å²) >= 11 is 5.68. The Bertz CT molecular complexity index is 565. The molecule has 0 amide bonds. The Morgan fingerprint density at radius 3 is 2.55 bits per heavy atom. The largest absolute Gasteiger partial charge is 0.427 e. The Labute approximate surface area is 119 Å². The van der Waals surface area contributed by atoms with E-state index < -0.39 is 17.8 Å². The lowest BCUT2D eigenvalue weighted by atomic mass is 9.82. The predicted molar refractivity (Wildman–Crippen MR) is 69.4 cm³/mol. The van der Waals surface area contributed by atoms with Crippen molar-refractivity contribution in [1.29, 1.82) is 0 Å². The molecule has 0 aliphatic heterocycles. The van der Waals surface area contributed by atoms with Gasteiger partial charge in [0.1, 0.15) is 0 Å². The van der Waals surface area contributed by atoms with E-state index in [1.54, 1.807) is 13.0 Å². The summed E-state index contributed by atoms with van der Waals surface area (Å²) in [5, 5.41) is 0. The van der Waals surface area contributed by atoms with Crippen LogP contribution in [0.15, 0.2) is 36.4 Å². The van der Waals surface area contributed by atoms with Crippen molar-refractivity contribution in [2.75, 3.05) is 0 Å². The SMILES string of the molecule is Cc1nc(C2C=CC=CC2(F)C(F)(F)F)ccc1CCl. The van der Waals surface area contributed by atoms with Crippen LogP contribution in [0.5, 0.6) is 0 Å². The molecular weight excluding hydrogens is 294 g/mol. The van der Waals surface area contributed by atoms with Crippen molar-refractivity contribution < 1.29 is 17.6 Å². The van der Waals surface area contributed by atoms with Crippen LogP contribution >= 0.6 is 11.6 Å². The lowest BCUT2D eigenvalue weighted by Gasteiger charge is -2.32. The van der Waals surface area contributed by atoms with Crippen molar-refractivity contribution >= 4 is 11.6 Å². The van der Waals surface area contributed by atoms with Gasteiger partial charge in [-0.3, -0.25) is 4.98 Å². The number of allylic oxidation sites excluding steroid dienone is 4. The van der Waals surface area contributed by atoms with E-state index in [9.17, 15) is 17.6 Å². The highest BCUT2D eigenvalue weighted by Crippen LogP contribution is 2.47. The van der Waals surface area contributed by atoms with Crippen molar-refractivity contribution in [3.63, 3.8) is 0 Å². The van der Waals surface area contributed by atoms with Gasteiger partial charge in [0.2, 0.25) is 5.67 Å². The topological polar surface area (TPSA) is 12.9 Å². The first-order valence-electron chi connectivity index (χ1n) is 5.93. The second-order valence-electron chi connectivity index (χ2n) is 4.60. The smallest absolute Gasteiger partial charge is 0.257 e. The lowest BCUT2D eigenvalue weighted by Crippen LogP contribution is -2.45. The zero-order valence-corrected chi connectivity index (χ0v) is 11.3. The first-order valence-corrected chi connectivity index (χ1v) is 6.47. The van der Waals surface area contributed by atoms with Crippen molar-refractivity contribution in [3.05, 3.63) is 53.4 Å². The first-order chi connectivity index (χ1) is 9.29. The molecular formula is C14H12ClF4N. The van der Waals surface area contributed by atoms with Gasteiger partial charge in [-0.2, -0.15) is 13.2 Å². The summed E-state index contributed by atoms with van der Waals surface area (Å²) in [5.41, 5.74) is -2.19. The van der Waals surface area contributed by atoms with E-state index in [1.165, 1.54) is 18.2 Å². The number of aryl methyl sites for hydroxylation is 1. The van der Waals surface area contributed by atoms with Crippen LogP contribution in [-0.2, 0) is 5.88 Å². The zero-order valence-electron chi connectivity index (χ0n) is 10.6. The van der Waals surface area contributed by atoms with Crippen molar-refractivity contribution in [2.24, 2.45) is 0 Å². The van der Waals surface area contributed by atoms with E-state index in [4.69, 9.17) is 11.6 Å². The predicted octanol–water partition coefficient (Wildman–Crippen LogP) is 4.61. The summed E-state index contributed by atoms with van der Waals surface area (Å²) in [6, 6.07) is 2.96. The van der Waals surface area contributed by atoms with E-state index in [2.05, 4.69) is 4.98 Å². The number of halogens is 5. The molecule has 2 rings (SSSR count). The lowest BCUT2D eigenvalue weighted by molar-refractivity contribution is -0.216. The molecule has 0 aromatic carbocycles. The van der Waals surface area contributed by atoms with Gasteiger partial charge in [-0.05, 0) is 24.6 Å². The maximum Gasteiger partial charge on any atom is 0.427 e. The summed E-state index contributed by atoms with van der Waals surface area (Å²) in [4.78, 5) is 4.07. The number of rotatable bonds is 2. The van der Waals surface area contributed by atoms with Gasteiger partial charge in [0.05, 0.1) is 11.6 Å². The third-order valence-corrected chi connectivity index (χ3v) is 3.61. The van der Waals surface area contributed by atoms with Gasteiger partial charge in [0.15, 0.2) is 0 Å². The Hall–Kier alpha value is -1.36. The van der Waals surface area contributed by atoms with E-state index in [-0.39, 0.29) is 11.6 Å². The Balaban J connectivity index is 2.47. The first kappa shape index (κ1) is 15.0. The highest BCUT2D eigenvalue weighted by Gasteiger charge is 2.59. The molecule has 0 saturated heterocycles. The van der Waals surface area contributed by atoms with Crippen LogP contribution < -0.4 is 0 Å². The molecule has 2 unspecified atom stereocenters. The average molecular weight is 306 g/mol. The normalized spacial score (nSPS) is 26.0. The number of alkyl halides is 5. The number of pyridine rings is 1. The summed E-state index contributed by atoms with van der Waals surface area (Å²) in [5.74, 6) is -1.28. The minimum absolute atomic E-state index is 0.0387. The van der Waals surface area contributed by atoms with Crippen molar-refractivity contribution in [1.82, 2.24) is 4.98 Å². The zero-order chi connectivity index (χ0) is 15.0. The summed E-state index contributed by atoms with van der Waals surface area (Å²) in [6.07, 6.45) is -0.843. The van der Waals surface area contributed by atoms with Crippen molar-refractivity contribution in [3.8, 4) is 0 Å². The standard InChI is InChI=1S/C14H12ClF4N/c1-9-10(8-15)5-6-12(20-9)11-4-2-3-7-13(11,16)14(17,18)19/h2-7,11H,8H2,1H3. The molecule has 1 aromatic heterocycles. The van der Waals surface area contributed by atoms with Gasteiger partial charge in [0.25, 0.3) is 0 Å². The molecule has 108 valence electrons. The summed E-state index contributed by atoms with van der Waals surface area (Å²) in [7, 11) is 0. The number of aromatic nitrogens is 1. The van der Waals surface area contributed by atoms with Crippen LogP contribution in [0.3, 0.4) is 0 Å². The van der Waals surface area contributed by atoms with Gasteiger partial charge in [-0.1, -0.05) is 24.3 Å². The van der Waals surface area contributed by atoms with Crippen LogP contribution in [0.1, 0.15) is 22.9 Å². The molecule has 1 aromatic rings. The van der Waals surface area contributed by atoms with Crippen LogP contribution in [-0.4, -0.2) is 16.8 Å². The fourth-order valence-electron chi connectivity index (χ4n) is 2.12. The number of nitrogens with zero attached hydrogens (tertiary/aromatic N) is 1. The van der Waals surface area contributed by atoms with E-state index in [0.717, 1.165) is 6.08 Å². The maximum atomic E-state index is 14.4. The minimum Gasteiger partial charge on any atom is -0.257 e. The Morgan fingerprint density at radius 1 is 1.30 bits per heavy atom. The van der Waals surface area contributed by atoms with Crippen molar-refractivity contribution in [2.45, 2.75) is 30.6 Å². The molecule has 1 heterocycles. The third-order valence-electron chi connectivity index (χ3n) is 3.32. The number of hydrogen-bond acceptors (Lipinski definition) is 1. The average Bonchev–Trinajstić information content (AvgIpc) is 2.38. The molecule has 0 N–H and O–H groups in total. The monoisotopic (exact) mass is 305 g/mol. The molecule has 1 aliphatic carbocycles. The molecule has 1 aliphatic rings. The Morgan fingerprint density at radius 2 is 2.00 bits per heavy atom. The number of hydrogen-bond donors (Lipinski definition) is 0.